The number of ether oxygens (including phenoxy) is 3. The van der Waals surface area contributed by atoms with Crippen LogP contribution in [0, 0.1) is 6.92 Å². The first-order chi connectivity index (χ1) is 14.6. The summed E-state index contributed by atoms with van der Waals surface area (Å²) in [6.45, 7) is 2.28. The standard InChI is InChI=1S/C25H23NO4/c1-16-12-19(7-8-21(16)17-4-3-5-20(13-17)28-2)26-24(27)25(10-11-25)18-6-9-22-23(14-18)30-15-29-22/h3-9,12-14H,10-11,15H2,1-2H3,(H,26,27). The molecule has 1 aliphatic carbocycles. The van der Waals surface area contributed by atoms with Gasteiger partial charge in [0.1, 0.15) is 5.75 Å². The lowest BCUT2D eigenvalue weighted by atomic mass is 9.94. The number of nitrogens with one attached hydrogen (secondary N) is 1. The van der Waals surface area contributed by atoms with E-state index in [0.29, 0.717) is 5.75 Å². The highest BCUT2D eigenvalue weighted by Crippen LogP contribution is 2.51. The zero-order valence-electron chi connectivity index (χ0n) is 17.0. The Morgan fingerprint density at radius 3 is 2.60 bits per heavy atom. The van der Waals surface area contributed by atoms with Crippen LogP contribution in [0.5, 0.6) is 17.2 Å². The average molecular weight is 401 g/mol. The van der Waals surface area contributed by atoms with E-state index in [2.05, 4.69) is 18.3 Å². The molecule has 152 valence electrons. The molecule has 1 fully saturated rings. The third-order valence-electron chi connectivity index (χ3n) is 5.97. The number of carbonyl (C=O) groups is 1. The second-order valence-electron chi connectivity index (χ2n) is 7.87. The fourth-order valence-electron chi connectivity index (χ4n) is 4.07. The third kappa shape index (κ3) is 3.16. The summed E-state index contributed by atoms with van der Waals surface area (Å²) < 4.78 is 16.2. The summed E-state index contributed by atoms with van der Waals surface area (Å²) in [7, 11) is 1.67. The molecular weight excluding hydrogens is 378 g/mol. The van der Waals surface area contributed by atoms with Crippen LogP contribution in [0.3, 0.4) is 0 Å². The monoisotopic (exact) mass is 401 g/mol. The Labute approximate surface area is 175 Å². The minimum Gasteiger partial charge on any atom is -0.497 e. The summed E-state index contributed by atoms with van der Waals surface area (Å²) in [5.41, 5.74) is 4.59. The van der Waals surface area contributed by atoms with Crippen LogP contribution in [0.1, 0.15) is 24.0 Å². The number of rotatable bonds is 5. The number of benzene rings is 3. The fourth-order valence-corrected chi connectivity index (χ4v) is 4.07. The van der Waals surface area contributed by atoms with Gasteiger partial charge in [0.05, 0.1) is 12.5 Å². The van der Waals surface area contributed by atoms with E-state index in [0.717, 1.165) is 52.3 Å². The van der Waals surface area contributed by atoms with Crippen molar-refractivity contribution in [1.29, 1.82) is 0 Å². The normalized spacial score (nSPS) is 15.5. The Morgan fingerprint density at radius 1 is 1.00 bits per heavy atom. The lowest BCUT2D eigenvalue weighted by Crippen LogP contribution is -2.27. The van der Waals surface area contributed by atoms with Crippen molar-refractivity contribution in [2.75, 3.05) is 19.2 Å². The average Bonchev–Trinajstić information content (AvgIpc) is 3.45. The van der Waals surface area contributed by atoms with Gasteiger partial charge in [-0.1, -0.05) is 24.3 Å². The molecule has 0 saturated heterocycles. The number of hydrogen-bond donors (Lipinski definition) is 1. The van der Waals surface area contributed by atoms with Gasteiger partial charge in [-0.3, -0.25) is 4.79 Å². The molecule has 0 radical (unpaired) electrons. The van der Waals surface area contributed by atoms with Crippen molar-refractivity contribution in [1.82, 2.24) is 0 Å². The molecule has 0 bridgehead atoms. The Hall–Kier alpha value is -3.47. The minimum absolute atomic E-state index is 0.0231. The van der Waals surface area contributed by atoms with E-state index in [4.69, 9.17) is 14.2 Å². The van der Waals surface area contributed by atoms with Crippen LogP contribution in [0.15, 0.2) is 60.7 Å². The Balaban J connectivity index is 1.37. The van der Waals surface area contributed by atoms with Crippen LogP contribution in [0.4, 0.5) is 5.69 Å². The third-order valence-corrected chi connectivity index (χ3v) is 5.97. The lowest BCUT2D eigenvalue weighted by molar-refractivity contribution is -0.118. The van der Waals surface area contributed by atoms with E-state index < -0.39 is 5.41 Å². The van der Waals surface area contributed by atoms with Gasteiger partial charge in [0.2, 0.25) is 12.7 Å². The van der Waals surface area contributed by atoms with Gasteiger partial charge in [-0.05, 0) is 78.4 Å². The van der Waals surface area contributed by atoms with E-state index in [1.807, 2.05) is 54.6 Å². The van der Waals surface area contributed by atoms with Gasteiger partial charge in [-0.2, -0.15) is 0 Å². The molecule has 1 saturated carbocycles. The van der Waals surface area contributed by atoms with Gasteiger partial charge in [0, 0.05) is 5.69 Å². The van der Waals surface area contributed by atoms with Crippen molar-refractivity contribution in [3.63, 3.8) is 0 Å². The van der Waals surface area contributed by atoms with Crippen molar-refractivity contribution in [3.8, 4) is 28.4 Å². The maximum Gasteiger partial charge on any atom is 0.235 e. The maximum absolute atomic E-state index is 13.1. The molecule has 1 N–H and O–H groups in total. The second-order valence-corrected chi connectivity index (χ2v) is 7.87. The molecule has 2 aliphatic rings. The molecule has 5 heteroatoms. The smallest absolute Gasteiger partial charge is 0.235 e. The highest BCUT2D eigenvalue weighted by molar-refractivity contribution is 6.01. The van der Waals surface area contributed by atoms with E-state index in [-0.39, 0.29) is 12.7 Å². The van der Waals surface area contributed by atoms with Crippen molar-refractivity contribution in [3.05, 3.63) is 71.8 Å². The number of fused-ring (bicyclic) bond motifs is 1. The van der Waals surface area contributed by atoms with Crippen LogP contribution in [-0.2, 0) is 10.2 Å². The summed E-state index contributed by atoms with van der Waals surface area (Å²) in [4.78, 5) is 13.1. The first kappa shape index (κ1) is 18.6. The van der Waals surface area contributed by atoms with E-state index in [1.165, 1.54) is 0 Å². The molecule has 5 rings (SSSR count). The summed E-state index contributed by atoms with van der Waals surface area (Å²) in [5, 5.41) is 3.12. The van der Waals surface area contributed by atoms with Gasteiger partial charge < -0.3 is 19.5 Å². The lowest BCUT2D eigenvalue weighted by Gasteiger charge is -2.17. The second kappa shape index (κ2) is 7.10. The number of hydrogen-bond acceptors (Lipinski definition) is 4. The first-order valence-corrected chi connectivity index (χ1v) is 10.1. The number of aryl methyl sites for hydroxylation is 1. The number of amides is 1. The molecule has 0 spiro atoms. The van der Waals surface area contributed by atoms with Crippen LogP contribution in [0.2, 0.25) is 0 Å². The summed E-state index contributed by atoms with van der Waals surface area (Å²) >= 11 is 0. The summed E-state index contributed by atoms with van der Waals surface area (Å²) in [5.74, 6) is 2.29. The molecule has 5 nitrogen and oxygen atoms in total. The Kier molecular flexibility index (Phi) is 4.39. The summed E-state index contributed by atoms with van der Waals surface area (Å²) in [6.07, 6.45) is 1.67. The van der Waals surface area contributed by atoms with Crippen LogP contribution in [0.25, 0.3) is 11.1 Å². The van der Waals surface area contributed by atoms with Gasteiger partial charge in [0.25, 0.3) is 0 Å². The minimum atomic E-state index is -0.486. The predicted octanol–water partition coefficient (Wildman–Crippen LogP) is 5.07. The van der Waals surface area contributed by atoms with Crippen molar-refractivity contribution in [2.24, 2.45) is 0 Å². The van der Waals surface area contributed by atoms with Crippen molar-refractivity contribution >= 4 is 11.6 Å². The largest absolute Gasteiger partial charge is 0.497 e. The number of carbonyl (C=O) groups excluding carboxylic acids is 1. The van der Waals surface area contributed by atoms with Crippen LogP contribution in [-0.4, -0.2) is 19.8 Å². The highest BCUT2D eigenvalue weighted by Gasteiger charge is 2.51. The molecule has 1 heterocycles. The van der Waals surface area contributed by atoms with Crippen LogP contribution < -0.4 is 19.5 Å². The molecule has 1 amide bonds. The quantitative estimate of drug-likeness (QED) is 0.649. The van der Waals surface area contributed by atoms with Crippen LogP contribution >= 0.6 is 0 Å². The van der Waals surface area contributed by atoms with E-state index >= 15 is 0 Å². The Bertz CT molecular complexity index is 1130. The molecule has 0 aromatic heterocycles. The molecular formula is C25H23NO4. The highest BCUT2D eigenvalue weighted by atomic mass is 16.7. The maximum atomic E-state index is 13.1. The predicted molar refractivity (Wildman–Crippen MR) is 115 cm³/mol. The summed E-state index contributed by atoms with van der Waals surface area (Å²) in [6, 6.07) is 19.8. The van der Waals surface area contributed by atoms with E-state index in [9.17, 15) is 4.79 Å². The fraction of sp³-hybridized carbons (Fsp3) is 0.240. The zero-order valence-corrected chi connectivity index (χ0v) is 17.0. The first-order valence-electron chi connectivity index (χ1n) is 10.1. The topological polar surface area (TPSA) is 56.8 Å². The SMILES string of the molecule is COc1cccc(-c2ccc(NC(=O)C3(c4ccc5c(c4)OCO5)CC3)cc2C)c1. The number of methoxy groups -OCH3 is 1. The number of anilines is 1. The van der Waals surface area contributed by atoms with Gasteiger partial charge in [-0.15, -0.1) is 0 Å². The zero-order chi connectivity index (χ0) is 20.7. The Morgan fingerprint density at radius 2 is 1.83 bits per heavy atom. The molecule has 0 atom stereocenters. The molecule has 3 aromatic carbocycles. The van der Waals surface area contributed by atoms with Crippen molar-refractivity contribution in [2.45, 2.75) is 25.2 Å². The van der Waals surface area contributed by atoms with E-state index in [1.54, 1.807) is 7.11 Å². The van der Waals surface area contributed by atoms with Gasteiger partial charge >= 0.3 is 0 Å². The van der Waals surface area contributed by atoms with Gasteiger partial charge in [-0.25, -0.2) is 0 Å². The molecule has 1 aliphatic heterocycles. The van der Waals surface area contributed by atoms with Gasteiger partial charge in [0.15, 0.2) is 11.5 Å². The van der Waals surface area contributed by atoms with Crippen molar-refractivity contribution < 1.29 is 19.0 Å². The molecule has 30 heavy (non-hydrogen) atoms. The molecule has 0 unspecified atom stereocenters. The molecule has 3 aromatic rings.